The smallest absolute Gasteiger partial charge is 0.139 e. The van der Waals surface area contributed by atoms with Gasteiger partial charge in [0.05, 0.1) is 25.6 Å². The second-order valence-corrected chi connectivity index (χ2v) is 7.13. The van der Waals surface area contributed by atoms with Crippen LogP contribution >= 0.6 is 0 Å². The Balaban J connectivity index is 1.12. The van der Waals surface area contributed by atoms with Gasteiger partial charge in [-0.3, -0.25) is 0 Å². The van der Waals surface area contributed by atoms with Gasteiger partial charge in [0.15, 0.2) is 0 Å². The minimum Gasteiger partial charge on any atom is -0.492 e. The fraction of sp³-hybridized carbons (Fsp3) is 0.364. The highest BCUT2D eigenvalue weighted by Gasteiger charge is 2.03. The highest BCUT2D eigenvalue weighted by molar-refractivity contribution is 5.77. The summed E-state index contributed by atoms with van der Waals surface area (Å²) in [4.78, 5) is 8.89. The molecule has 146 valence electrons. The molecular weight excluding hydrogens is 352 g/mol. The second-order valence-electron chi connectivity index (χ2n) is 7.13. The normalized spacial score (nSPS) is 11.4. The second kappa shape index (κ2) is 8.33. The Labute approximate surface area is 164 Å². The predicted octanol–water partition coefficient (Wildman–Crippen LogP) is 4.48. The summed E-state index contributed by atoms with van der Waals surface area (Å²) in [6.07, 6.45) is 11.9. The summed E-state index contributed by atoms with van der Waals surface area (Å²) in [5, 5.41) is 2.22. The van der Waals surface area contributed by atoms with Crippen LogP contribution in [0.25, 0.3) is 22.1 Å². The molecule has 0 amide bonds. The van der Waals surface area contributed by atoms with E-state index < -0.39 is 0 Å². The van der Waals surface area contributed by atoms with Crippen LogP contribution in [0.2, 0.25) is 0 Å². The summed E-state index contributed by atoms with van der Waals surface area (Å²) in [6, 6.07) is 8.21. The number of aryl methyl sites for hydroxylation is 2. The lowest BCUT2D eigenvalue weighted by Gasteiger charge is -2.07. The Bertz CT molecular complexity index is 981. The number of nitrogens with zero attached hydrogens (tertiary/aromatic N) is 4. The van der Waals surface area contributed by atoms with Gasteiger partial charge in [0.25, 0.3) is 0 Å². The van der Waals surface area contributed by atoms with E-state index in [1.165, 1.54) is 0 Å². The lowest BCUT2D eigenvalue weighted by molar-refractivity contribution is 0.287. The molecule has 28 heavy (non-hydrogen) atoms. The van der Waals surface area contributed by atoms with Gasteiger partial charge in [0.2, 0.25) is 0 Å². The lowest BCUT2D eigenvalue weighted by Crippen LogP contribution is -2.00. The van der Waals surface area contributed by atoms with Crippen LogP contribution in [0.15, 0.2) is 49.1 Å². The molecule has 0 fully saturated rings. The van der Waals surface area contributed by atoms with Gasteiger partial charge in [0.1, 0.15) is 22.8 Å². The number of rotatable bonds is 9. The number of pyridine rings is 2. The predicted molar refractivity (Wildman–Crippen MR) is 111 cm³/mol. The van der Waals surface area contributed by atoms with Crippen LogP contribution in [-0.4, -0.2) is 32.3 Å². The third kappa shape index (κ3) is 4.11. The third-order valence-corrected chi connectivity index (χ3v) is 4.94. The SMILES string of the molecule is Cn1ccc2cc(OCCCCCCOc3cnc4c(ccn4C)c3)cnc21. The quantitative estimate of drug-likeness (QED) is 0.403. The molecule has 6 heteroatoms. The van der Waals surface area contributed by atoms with Crippen molar-refractivity contribution in [2.75, 3.05) is 13.2 Å². The van der Waals surface area contributed by atoms with Gasteiger partial charge in [-0.1, -0.05) is 0 Å². The van der Waals surface area contributed by atoms with Crippen LogP contribution in [0, 0.1) is 0 Å². The zero-order valence-corrected chi connectivity index (χ0v) is 16.5. The molecule has 4 heterocycles. The molecule has 4 aromatic heterocycles. The lowest BCUT2D eigenvalue weighted by atomic mass is 10.2. The fourth-order valence-electron chi connectivity index (χ4n) is 3.36. The molecular formula is C22H26N4O2. The Morgan fingerprint density at radius 3 is 1.64 bits per heavy atom. The highest BCUT2D eigenvalue weighted by Crippen LogP contribution is 2.20. The minimum atomic E-state index is 0.718. The van der Waals surface area contributed by atoms with E-state index in [1.54, 1.807) is 12.4 Å². The van der Waals surface area contributed by atoms with Gasteiger partial charge in [-0.05, 0) is 49.9 Å². The average molecular weight is 378 g/mol. The first-order valence-corrected chi connectivity index (χ1v) is 9.78. The van der Waals surface area contributed by atoms with Gasteiger partial charge in [-0.25, -0.2) is 9.97 Å². The molecule has 4 aromatic rings. The summed E-state index contributed by atoms with van der Waals surface area (Å²) in [5.74, 6) is 1.68. The number of unbranched alkanes of at least 4 members (excludes halogenated alkanes) is 3. The monoisotopic (exact) mass is 378 g/mol. The Morgan fingerprint density at radius 1 is 0.714 bits per heavy atom. The number of hydrogen-bond donors (Lipinski definition) is 0. The maximum atomic E-state index is 5.83. The molecule has 0 saturated carbocycles. The van der Waals surface area contributed by atoms with E-state index in [2.05, 4.69) is 22.1 Å². The standard InChI is InChI=1S/C22H26N4O2/c1-25-9-7-17-13-19(15-23-21(17)25)27-11-5-3-4-6-12-28-20-14-18-8-10-26(2)22(18)24-16-20/h7-10,13-16H,3-6,11-12H2,1-2H3. The van der Waals surface area contributed by atoms with Crippen LogP contribution < -0.4 is 9.47 Å². The summed E-state index contributed by atoms with van der Waals surface area (Å²) in [7, 11) is 3.99. The van der Waals surface area contributed by atoms with Crippen molar-refractivity contribution in [3.63, 3.8) is 0 Å². The first kappa shape index (κ1) is 18.3. The summed E-state index contributed by atoms with van der Waals surface area (Å²) in [5.41, 5.74) is 1.96. The molecule has 0 N–H and O–H groups in total. The highest BCUT2D eigenvalue weighted by atomic mass is 16.5. The van der Waals surface area contributed by atoms with Crippen molar-refractivity contribution in [2.45, 2.75) is 25.7 Å². The van der Waals surface area contributed by atoms with Crippen LogP contribution in [0.1, 0.15) is 25.7 Å². The van der Waals surface area contributed by atoms with Crippen molar-refractivity contribution >= 4 is 22.1 Å². The van der Waals surface area contributed by atoms with Crippen LogP contribution in [-0.2, 0) is 14.1 Å². The first-order valence-electron chi connectivity index (χ1n) is 9.78. The Kier molecular flexibility index (Phi) is 5.46. The molecule has 0 aliphatic rings. The average Bonchev–Trinajstić information content (AvgIpc) is 3.26. The van der Waals surface area contributed by atoms with Crippen LogP contribution in [0.4, 0.5) is 0 Å². The van der Waals surface area contributed by atoms with E-state index in [4.69, 9.17) is 9.47 Å². The molecule has 0 aliphatic heterocycles. The molecule has 4 rings (SSSR count). The van der Waals surface area contributed by atoms with E-state index in [1.807, 2.05) is 47.8 Å². The van der Waals surface area contributed by atoms with E-state index in [0.717, 1.165) is 72.5 Å². The number of hydrogen-bond acceptors (Lipinski definition) is 4. The summed E-state index contributed by atoms with van der Waals surface area (Å²) in [6.45, 7) is 1.44. The van der Waals surface area contributed by atoms with Crippen LogP contribution in [0.3, 0.4) is 0 Å². The largest absolute Gasteiger partial charge is 0.492 e. The summed E-state index contributed by atoms with van der Waals surface area (Å²) < 4.78 is 15.7. The zero-order valence-electron chi connectivity index (χ0n) is 16.5. The van der Waals surface area contributed by atoms with Crippen molar-refractivity contribution in [1.82, 2.24) is 19.1 Å². The van der Waals surface area contributed by atoms with Crippen molar-refractivity contribution in [2.24, 2.45) is 14.1 Å². The molecule has 0 spiro atoms. The van der Waals surface area contributed by atoms with Crippen molar-refractivity contribution in [3.8, 4) is 11.5 Å². The van der Waals surface area contributed by atoms with Crippen molar-refractivity contribution in [3.05, 3.63) is 49.1 Å². The molecule has 0 aromatic carbocycles. The molecule has 0 bridgehead atoms. The molecule has 0 aliphatic carbocycles. The van der Waals surface area contributed by atoms with Crippen molar-refractivity contribution in [1.29, 1.82) is 0 Å². The third-order valence-electron chi connectivity index (χ3n) is 4.94. The van der Waals surface area contributed by atoms with Gasteiger partial charge in [0, 0.05) is 37.3 Å². The van der Waals surface area contributed by atoms with Gasteiger partial charge >= 0.3 is 0 Å². The first-order chi connectivity index (χ1) is 13.7. The number of fused-ring (bicyclic) bond motifs is 2. The van der Waals surface area contributed by atoms with Gasteiger partial charge in [-0.2, -0.15) is 0 Å². The summed E-state index contributed by atoms with van der Waals surface area (Å²) >= 11 is 0. The topological polar surface area (TPSA) is 54.1 Å². The van der Waals surface area contributed by atoms with Crippen LogP contribution in [0.5, 0.6) is 11.5 Å². The molecule has 0 unspecified atom stereocenters. The van der Waals surface area contributed by atoms with Gasteiger partial charge < -0.3 is 18.6 Å². The molecule has 0 atom stereocenters. The fourth-order valence-corrected chi connectivity index (χ4v) is 3.36. The molecule has 6 nitrogen and oxygen atoms in total. The Morgan fingerprint density at radius 2 is 1.18 bits per heavy atom. The molecule has 0 saturated heterocycles. The molecule has 0 radical (unpaired) electrons. The van der Waals surface area contributed by atoms with Gasteiger partial charge in [-0.15, -0.1) is 0 Å². The minimum absolute atomic E-state index is 0.718. The van der Waals surface area contributed by atoms with E-state index in [0.29, 0.717) is 0 Å². The van der Waals surface area contributed by atoms with Crippen molar-refractivity contribution < 1.29 is 9.47 Å². The maximum Gasteiger partial charge on any atom is 0.139 e. The number of ether oxygens (including phenoxy) is 2. The Hall–Kier alpha value is -3.02. The number of aromatic nitrogens is 4. The van der Waals surface area contributed by atoms with E-state index in [-0.39, 0.29) is 0 Å². The maximum absolute atomic E-state index is 5.83. The zero-order chi connectivity index (χ0) is 19.3. The van der Waals surface area contributed by atoms with E-state index in [9.17, 15) is 0 Å². The van der Waals surface area contributed by atoms with E-state index >= 15 is 0 Å².